The topological polar surface area (TPSA) is 0 Å². The van der Waals surface area contributed by atoms with Crippen LogP contribution in [0.3, 0.4) is 0 Å². The molecule has 6 heteroatoms. The van der Waals surface area contributed by atoms with Gasteiger partial charge in [0.25, 0.3) is 0 Å². The molecule has 0 fully saturated rings. The van der Waals surface area contributed by atoms with Gasteiger partial charge in [-0.2, -0.15) is 26.3 Å². The van der Waals surface area contributed by atoms with Crippen LogP contribution in [-0.2, 0) is 0 Å². The minimum atomic E-state index is -4.73. The smallest absolute Gasteiger partial charge is 0.170 e. The molecule has 14 heavy (non-hydrogen) atoms. The average molecular weight is 215 g/mol. The number of hydrogen-bond acceptors (Lipinski definition) is 0. The number of alkyl halides is 6. The number of allylic oxidation sites excluding steroid dienone is 4. The first-order chi connectivity index (χ1) is 6.21. The Labute approximate surface area is 75.9 Å². The van der Waals surface area contributed by atoms with Crippen LogP contribution in [0, 0.1) is 5.92 Å². The minimum Gasteiger partial charge on any atom is -0.170 e. The summed E-state index contributed by atoms with van der Waals surface area (Å²) in [4.78, 5) is 0. The Morgan fingerprint density at radius 3 is 1.93 bits per heavy atom. The quantitative estimate of drug-likeness (QED) is 0.542. The lowest BCUT2D eigenvalue weighted by Crippen LogP contribution is -2.22. The molecule has 0 saturated heterocycles. The normalized spacial score (nSPS) is 19.7. The van der Waals surface area contributed by atoms with Crippen LogP contribution in [0.15, 0.2) is 23.8 Å². The maximum Gasteiger partial charge on any atom is 0.416 e. The molecule has 79 valence electrons. The van der Waals surface area contributed by atoms with Crippen molar-refractivity contribution in [2.24, 2.45) is 0 Å². The predicted molar refractivity (Wildman–Crippen MR) is 37.2 cm³/mol. The van der Waals surface area contributed by atoms with Gasteiger partial charge in [-0.05, 0) is 6.42 Å². The van der Waals surface area contributed by atoms with Crippen molar-refractivity contribution < 1.29 is 26.3 Å². The Hall–Kier alpha value is -0.940. The predicted octanol–water partition coefficient (Wildman–Crippen LogP) is 3.57. The number of hydrogen-bond donors (Lipinski definition) is 0. The third-order valence-electron chi connectivity index (χ3n) is 1.66. The highest BCUT2D eigenvalue weighted by atomic mass is 19.4. The van der Waals surface area contributed by atoms with E-state index in [0.717, 1.165) is 6.08 Å². The second-order valence-corrected chi connectivity index (χ2v) is 2.73. The molecule has 0 atom stereocenters. The van der Waals surface area contributed by atoms with Crippen LogP contribution in [0.1, 0.15) is 6.42 Å². The first kappa shape index (κ1) is 11.1. The van der Waals surface area contributed by atoms with Gasteiger partial charge in [0.05, 0.1) is 5.57 Å². The molecule has 1 aliphatic rings. The first-order valence-electron chi connectivity index (χ1n) is 3.60. The van der Waals surface area contributed by atoms with Crippen LogP contribution in [0.4, 0.5) is 26.3 Å². The summed E-state index contributed by atoms with van der Waals surface area (Å²) in [6.07, 6.45) is -8.29. The third kappa shape index (κ3) is 2.52. The summed E-state index contributed by atoms with van der Waals surface area (Å²) >= 11 is 0. The lowest BCUT2D eigenvalue weighted by Gasteiger charge is -2.19. The molecular weight excluding hydrogens is 210 g/mol. The monoisotopic (exact) mass is 215 g/mol. The van der Waals surface area contributed by atoms with Gasteiger partial charge in [0, 0.05) is 0 Å². The Balaban J connectivity index is 2.90. The van der Waals surface area contributed by atoms with Crippen molar-refractivity contribution in [2.45, 2.75) is 18.8 Å². The van der Waals surface area contributed by atoms with Gasteiger partial charge in [0.15, 0.2) is 0 Å². The molecule has 0 spiro atoms. The van der Waals surface area contributed by atoms with Crippen molar-refractivity contribution >= 4 is 0 Å². The molecule has 0 aromatic heterocycles. The molecule has 0 N–H and O–H groups in total. The minimum absolute atomic E-state index is 0.139. The largest absolute Gasteiger partial charge is 0.416 e. The lowest BCUT2D eigenvalue weighted by atomic mass is 9.95. The van der Waals surface area contributed by atoms with Crippen LogP contribution >= 0.6 is 0 Å². The van der Waals surface area contributed by atoms with Gasteiger partial charge in [-0.25, -0.2) is 0 Å². The Morgan fingerprint density at radius 2 is 1.50 bits per heavy atom. The SMILES string of the molecule is FC(F)(F)[C]1C=C(C(F)(F)F)C=CC1. The fraction of sp³-hybridized carbons (Fsp3) is 0.375. The zero-order valence-corrected chi connectivity index (χ0v) is 6.71. The molecule has 0 aliphatic heterocycles. The summed E-state index contributed by atoms with van der Waals surface area (Å²) in [5.74, 6) is -1.17. The summed E-state index contributed by atoms with van der Waals surface area (Å²) < 4.78 is 72.1. The molecule has 0 aromatic rings. The highest BCUT2D eigenvalue weighted by molar-refractivity contribution is 5.37. The van der Waals surface area contributed by atoms with Crippen LogP contribution in [0.2, 0.25) is 0 Å². The van der Waals surface area contributed by atoms with Gasteiger partial charge in [-0.15, -0.1) is 0 Å². The lowest BCUT2D eigenvalue weighted by molar-refractivity contribution is -0.111. The molecular formula is C8H5F6. The summed E-state index contributed by atoms with van der Waals surface area (Å²) in [6, 6.07) is 0. The van der Waals surface area contributed by atoms with Gasteiger partial charge in [-0.3, -0.25) is 0 Å². The van der Waals surface area contributed by atoms with E-state index in [2.05, 4.69) is 0 Å². The maximum atomic E-state index is 12.0. The standard InChI is InChI=1S/C8H5F6/c9-7(10,11)5-2-1-3-6(4-5)8(12,13)14/h1-2,4H,3H2. The Kier molecular flexibility index (Phi) is 2.65. The van der Waals surface area contributed by atoms with E-state index in [1.54, 1.807) is 0 Å². The average Bonchev–Trinajstić information content (AvgIpc) is 2.01. The molecule has 0 amide bonds. The number of halogens is 6. The fourth-order valence-corrected chi connectivity index (χ4v) is 0.981. The van der Waals surface area contributed by atoms with Crippen LogP contribution < -0.4 is 0 Å². The van der Waals surface area contributed by atoms with Crippen LogP contribution in [-0.4, -0.2) is 12.4 Å². The summed E-state index contributed by atoms with van der Waals surface area (Å²) in [6.45, 7) is 0. The molecule has 0 bridgehead atoms. The first-order valence-corrected chi connectivity index (χ1v) is 3.60. The summed E-state index contributed by atoms with van der Waals surface area (Å²) in [5, 5.41) is 0. The van der Waals surface area contributed by atoms with Crippen molar-refractivity contribution in [3.05, 3.63) is 29.7 Å². The molecule has 0 nitrogen and oxygen atoms in total. The highest BCUT2D eigenvalue weighted by Gasteiger charge is 2.42. The third-order valence-corrected chi connectivity index (χ3v) is 1.66. The van der Waals surface area contributed by atoms with Crippen molar-refractivity contribution in [1.29, 1.82) is 0 Å². The van der Waals surface area contributed by atoms with Gasteiger partial charge in [0.1, 0.15) is 5.92 Å². The van der Waals surface area contributed by atoms with Gasteiger partial charge >= 0.3 is 12.4 Å². The zero-order valence-electron chi connectivity index (χ0n) is 6.71. The highest BCUT2D eigenvalue weighted by Crippen LogP contribution is 2.39. The van der Waals surface area contributed by atoms with Gasteiger partial charge in [-0.1, -0.05) is 18.2 Å². The fourth-order valence-electron chi connectivity index (χ4n) is 0.981. The van der Waals surface area contributed by atoms with Crippen molar-refractivity contribution in [2.75, 3.05) is 0 Å². The van der Waals surface area contributed by atoms with E-state index in [0.29, 0.717) is 6.08 Å². The summed E-state index contributed by atoms with van der Waals surface area (Å²) in [5.41, 5.74) is -1.27. The molecule has 0 unspecified atom stereocenters. The van der Waals surface area contributed by atoms with Gasteiger partial charge < -0.3 is 0 Å². The molecule has 0 aromatic carbocycles. The van der Waals surface area contributed by atoms with E-state index < -0.39 is 30.3 Å². The molecule has 1 aliphatic carbocycles. The molecule has 1 rings (SSSR count). The molecule has 1 radical (unpaired) electrons. The Bertz CT molecular complexity index is 267. The maximum absolute atomic E-state index is 12.0. The zero-order chi connectivity index (χ0) is 11.0. The van der Waals surface area contributed by atoms with Crippen LogP contribution in [0.25, 0.3) is 0 Å². The van der Waals surface area contributed by atoms with E-state index in [-0.39, 0.29) is 6.08 Å². The summed E-state index contributed by atoms with van der Waals surface area (Å²) in [7, 11) is 0. The Morgan fingerprint density at radius 1 is 0.929 bits per heavy atom. The van der Waals surface area contributed by atoms with Gasteiger partial charge in [0.2, 0.25) is 0 Å². The second-order valence-electron chi connectivity index (χ2n) is 2.73. The molecule has 0 heterocycles. The van der Waals surface area contributed by atoms with E-state index >= 15 is 0 Å². The van der Waals surface area contributed by atoms with E-state index in [4.69, 9.17) is 0 Å². The van der Waals surface area contributed by atoms with Crippen molar-refractivity contribution in [3.63, 3.8) is 0 Å². The van der Waals surface area contributed by atoms with Crippen molar-refractivity contribution in [3.8, 4) is 0 Å². The van der Waals surface area contributed by atoms with E-state index in [1.807, 2.05) is 0 Å². The second kappa shape index (κ2) is 3.33. The number of rotatable bonds is 0. The molecule has 0 saturated carbocycles. The van der Waals surface area contributed by atoms with Crippen LogP contribution in [0.5, 0.6) is 0 Å². The van der Waals surface area contributed by atoms with Crippen molar-refractivity contribution in [1.82, 2.24) is 0 Å². The van der Waals surface area contributed by atoms with E-state index in [1.165, 1.54) is 0 Å². The van der Waals surface area contributed by atoms with E-state index in [9.17, 15) is 26.3 Å².